The monoisotopic (exact) mass is 426 g/mol. The van der Waals surface area contributed by atoms with E-state index in [9.17, 15) is 9.59 Å². The Hall–Kier alpha value is -0.920. The van der Waals surface area contributed by atoms with Crippen LogP contribution in [0.5, 0.6) is 0 Å². The standard InChI is InChI=1S/C29H46O2/c1-19(2)22(27(31)18-30)11-9-20(3)24-13-14-25-23-12-10-21-8-6-7-16-28(21,4)26(23)15-17-29(24,25)5/h11,18-21,23-26H,6-10,12-17H2,1-5H3/t20-,21?,23+,24-,25+,26+,28+,29-/m1/s1. The van der Waals surface area contributed by atoms with Crippen LogP contribution in [0.2, 0.25) is 0 Å². The molecule has 4 saturated carbocycles. The highest BCUT2D eigenvalue weighted by atomic mass is 16.2. The molecule has 0 aliphatic heterocycles. The lowest BCUT2D eigenvalue weighted by atomic mass is 9.44. The average Bonchev–Trinajstić information content (AvgIpc) is 3.10. The van der Waals surface area contributed by atoms with Crippen molar-refractivity contribution in [2.75, 3.05) is 0 Å². The number of ketones is 1. The van der Waals surface area contributed by atoms with Crippen molar-refractivity contribution in [1.29, 1.82) is 0 Å². The maximum absolute atomic E-state index is 12.0. The number of Topliss-reactive ketones (excluding diaryl/α,β-unsaturated/α-hetero) is 1. The third-order valence-electron chi connectivity index (χ3n) is 11.1. The Balaban J connectivity index is 1.49. The van der Waals surface area contributed by atoms with Gasteiger partial charge in [0.2, 0.25) is 5.78 Å². The van der Waals surface area contributed by atoms with E-state index in [4.69, 9.17) is 0 Å². The lowest BCUT2D eigenvalue weighted by molar-refractivity contribution is -0.127. The Morgan fingerprint density at radius 1 is 0.903 bits per heavy atom. The van der Waals surface area contributed by atoms with Gasteiger partial charge < -0.3 is 0 Å². The van der Waals surface area contributed by atoms with Crippen LogP contribution in [0.3, 0.4) is 0 Å². The second-order valence-electron chi connectivity index (χ2n) is 12.6. The predicted octanol–water partition coefficient (Wildman–Crippen LogP) is 7.41. The van der Waals surface area contributed by atoms with E-state index in [0.29, 0.717) is 28.6 Å². The van der Waals surface area contributed by atoms with Gasteiger partial charge in [-0.15, -0.1) is 0 Å². The molecule has 0 aromatic carbocycles. The first-order valence-corrected chi connectivity index (χ1v) is 13.4. The van der Waals surface area contributed by atoms with Gasteiger partial charge in [0, 0.05) is 5.57 Å². The molecule has 174 valence electrons. The van der Waals surface area contributed by atoms with Crippen LogP contribution in [0, 0.1) is 52.3 Å². The van der Waals surface area contributed by atoms with Crippen LogP contribution in [-0.4, -0.2) is 12.1 Å². The van der Waals surface area contributed by atoms with Gasteiger partial charge in [-0.3, -0.25) is 9.59 Å². The molecule has 2 nitrogen and oxygen atoms in total. The summed E-state index contributed by atoms with van der Waals surface area (Å²) in [6, 6.07) is 0. The van der Waals surface area contributed by atoms with E-state index < -0.39 is 0 Å². The summed E-state index contributed by atoms with van der Waals surface area (Å²) in [5.74, 6) is 4.97. The number of hydrogen-bond donors (Lipinski definition) is 0. The Morgan fingerprint density at radius 2 is 1.65 bits per heavy atom. The van der Waals surface area contributed by atoms with Crippen molar-refractivity contribution in [2.45, 2.75) is 105 Å². The fourth-order valence-corrected chi connectivity index (χ4v) is 9.44. The molecular formula is C29H46O2. The molecule has 1 unspecified atom stereocenters. The van der Waals surface area contributed by atoms with Gasteiger partial charge in [-0.25, -0.2) is 0 Å². The van der Waals surface area contributed by atoms with Gasteiger partial charge in [0.15, 0.2) is 6.29 Å². The van der Waals surface area contributed by atoms with Gasteiger partial charge in [0.1, 0.15) is 0 Å². The van der Waals surface area contributed by atoms with Crippen molar-refractivity contribution in [3.63, 3.8) is 0 Å². The molecule has 4 fully saturated rings. The second-order valence-corrected chi connectivity index (χ2v) is 12.6. The molecule has 31 heavy (non-hydrogen) atoms. The van der Waals surface area contributed by atoms with Crippen LogP contribution < -0.4 is 0 Å². The number of aldehydes is 1. The van der Waals surface area contributed by atoms with Gasteiger partial charge in [-0.2, -0.15) is 0 Å². The fraction of sp³-hybridized carbons (Fsp3) is 0.862. The molecule has 0 saturated heterocycles. The topological polar surface area (TPSA) is 34.1 Å². The van der Waals surface area contributed by atoms with Crippen molar-refractivity contribution < 1.29 is 9.59 Å². The molecule has 0 aromatic rings. The zero-order valence-corrected chi connectivity index (χ0v) is 20.8. The zero-order valence-electron chi connectivity index (χ0n) is 20.8. The smallest absolute Gasteiger partial charge is 0.221 e. The summed E-state index contributed by atoms with van der Waals surface area (Å²) in [5, 5.41) is 0. The molecule has 0 aromatic heterocycles. The van der Waals surface area contributed by atoms with Crippen LogP contribution in [0.1, 0.15) is 105 Å². The molecule has 4 aliphatic rings. The van der Waals surface area contributed by atoms with Crippen molar-refractivity contribution >= 4 is 12.1 Å². The first kappa shape index (κ1) is 23.2. The summed E-state index contributed by atoms with van der Waals surface area (Å²) in [5.41, 5.74) is 1.81. The molecule has 8 atom stereocenters. The molecule has 4 rings (SSSR count). The Kier molecular flexibility index (Phi) is 6.59. The second kappa shape index (κ2) is 8.79. The highest BCUT2D eigenvalue weighted by Crippen LogP contribution is 2.68. The summed E-state index contributed by atoms with van der Waals surface area (Å²) < 4.78 is 0. The van der Waals surface area contributed by atoms with Crippen LogP contribution in [0.25, 0.3) is 0 Å². The molecule has 0 radical (unpaired) electrons. The Bertz CT molecular complexity index is 720. The van der Waals surface area contributed by atoms with Gasteiger partial charge in [-0.1, -0.05) is 53.5 Å². The molecule has 0 heterocycles. The van der Waals surface area contributed by atoms with E-state index >= 15 is 0 Å². The highest BCUT2D eigenvalue weighted by molar-refractivity contribution is 6.33. The largest absolute Gasteiger partial charge is 0.294 e. The van der Waals surface area contributed by atoms with E-state index in [0.717, 1.165) is 36.0 Å². The summed E-state index contributed by atoms with van der Waals surface area (Å²) in [7, 11) is 0. The minimum Gasteiger partial charge on any atom is -0.294 e. The molecular weight excluding hydrogens is 380 g/mol. The SMILES string of the molecule is CC(C)C(=CC[C@@H](C)[C@H]1CC[C@H]2[C@@H]3CCC4CCCC[C@]4(C)[C@H]3CC[C@]12C)C(=O)C=O. The van der Waals surface area contributed by atoms with Crippen LogP contribution in [0.15, 0.2) is 11.6 Å². The summed E-state index contributed by atoms with van der Waals surface area (Å²) in [6.45, 7) is 11.8. The van der Waals surface area contributed by atoms with Crippen molar-refractivity contribution in [1.82, 2.24) is 0 Å². The predicted molar refractivity (Wildman–Crippen MR) is 128 cm³/mol. The molecule has 4 aliphatic carbocycles. The summed E-state index contributed by atoms with van der Waals surface area (Å²) >= 11 is 0. The van der Waals surface area contributed by atoms with Gasteiger partial charge >= 0.3 is 0 Å². The Morgan fingerprint density at radius 3 is 2.35 bits per heavy atom. The maximum atomic E-state index is 12.0. The zero-order chi connectivity index (χ0) is 22.4. The molecule has 0 spiro atoms. The lowest BCUT2D eigenvalue weighted by Gasteiger charge is -2.61. The third-order valence-corrected chi connectivity index (χ3v) is 11.1. The quantitative estimate of drug-likeness (QED) is 0.252. The van der Waals surface area contributed by atoms with E-state index in [1.807, 2.05) is 13.8 Å². The molecule has 0 bridgehead atoms. The lowest BCUT2D eigenvalue weighted by Crippen LogP contribution is -2.53. The number of carbonyl (C=O) groups excluding carboxylic acids is 2. The highest BCUT2D eigenvalue weighted by Gasteiger charge is 2.60. The van der Waals surface area contributed by atoms with Crippen LogP contribution in [0.4, 0.5) is 0 Å². The van der Waals surface area contributed by atoms with E-state index in [-0.39, 0.29) is 11.7 Å². The normalized spacial score (nSPS) is 43.7. The van der Waals surface area contributed by atoms with Gasteiger partial charge in [0.05, 0.1) is 0 Å². The van der Waals surface area contributed by atoms with E-state index in [1.54, 1.807) is 0 Å². The number of fused-ring (bicyclic) bond motifs is 5. The van der Waals surface area contributed by atoms with Crippen LogP contribution in [-0.2, 0) is 9.59 Å². The number of carbonyl (C=O) groups is 2. The molecule has 0 N–H and O–H groups in total. The first-order valence-electron chi connectivity index (χ1n) is 13.4. The van der Waals surface area contributed by atoms with E-state index in [1.165, 1.54) is 64.2 Å². The number of rotatable bonds is 6. The number of allylic oxidation sites excluding steroid dienone is 2. The van der Waals surface area contributed by atoms with Crippen molar-refractivity contribution in [3.8, 4) is 0 Å². The number of hydrogen-bond acceptors (Lipinski definition) is 2. The van der Waals surface area contributed by atoms with Gasteiger partial charge in [-0.05, 0) is 110 Å². The summed E-state index contributed by atoms with van der Waals surface area (Å²) in [6.07, 6.45) is 18.0. The minimum absolute atomic E-state index is 0.124. The third kappa shape index (κ3) is 3.89. The fourth-order valence-electron chi connectivity index (χ4n) is 9.44. The van der Waals surface area contributed by atoms with Crippen LogP contribution >= 0.6 is 0 Å². The van der Waals surface area contributed by atoms with E-state index in [2.05, 4.69) is 26.8 Å². The minimum atomic E-state index is -0.323. The maximum Gasteiger partial charge on any atom is 0.221 e. The molecule has 2 heteroatoms. The average molecular weight is 427 g/mol. The first-order chi connectivity index (χ1) is 14.7. The molecule has 0 amide bonds. The van der Waals surface area contributed by atoms with Gasteiger partial charge in [0.25, 0.3) is 0 Å². The Labute approximate surface area is 191 Å². The summed E-state index contributed by atoms with van der Waals surface area (Å²) in [4.78, 5) is 23.1. The van der Waals surface area contributed by atoms with Crippen molar-refractivity contribution in [2.24, 2.45) is 52.3 Å². The van der Waals surface area contributed by atoms with Crippen molar-refractivity contribution in [3.05, 3.63) is 11.6 Å².